The van der Waals surface area contributed by atoms with Crippen LogP contribution in [0.2, 0.25) is 0 Å². The molecule has 0 aliphatic carbocycles. The van der Waals surface area contributed by atoms with Crippen LogP contribution in [0.3, 0.4) is 0 Å². The lowest BCUT2D eigenvalue weighted by molar-refractivity contribution is 0.191. The number of piperazine rings is 1. The van der Waals surface area contributed by atoms with Gasteiger partial charge in [0.05, 0.1) is 22.4 Å². The number of H-pyrrole nitrogens is 1. The summed E-state index contributed by atoms with van der Waals surface area (Å²) in [7, 11) is 0. The van der Waals surface area contributed by atoms with Gasteiger partial charge in [-0.1, -0.05) is 36.4 Å². The Bertz CT molecular complexity index is 1390. The van der Waals surface area contributed by atoms with Gasteiger partial charge < -0.3 is 15.0 Å². The van der Waals surface area contributed by atoms with Crippen LogP contribution in [0, 0.1) is 0 Å². The molecule has 0 atom stereocenters. The van der Waals surface area contributed by atoms with Gasteiger partial charge in [-0.25, -0.2) is 4.79 Å². The van der Waals surface area contributed by atoms with Crippen LogP contribution >= 0.6 is 0 Å². The average molecular weight is 440 g/mol. The van der Waals surface area contributed by atoms with E-state index in [1.165, 1.54) is 0 Å². The molecule has 3 heterocycles. The van der Waals surface area contributed by atoms with Gasteiger partial charge in [-0.2, -0.15) is 0 Å². The topological polar surface area (TPSA) is 74.7 Å². The highest BCUT2D eigenvalue weighted by Crippen LogP contribution is 2.38. The molecular weight excluding hydrogens is 414 g/mol. The summed E-state index contributed by atoms with van der Waals surface area (Å²) in [4.78, 5) is 23.0. The van der Waals surface area contributed by atoms with Gasteiger partial charge in [0.25, 0.3) is 0 Å². The van der Waals surface area contributed by atoms with E-state index >= 15 is 0 Å². The zero-order valence-electron chi connectivity index (χ0n) is 18.3. The quantitative estimate of drug-likeness (QED) is 0.441. The summed E-state index contributed by atoms with van der Waals surface area (Å²) in [5.74, 6) is 0.857. The van der Waals surface area contributed by atoms with Crippen LogP contribution in [0.1, 0.15) is 5.56 Å². The third-order valence-electron chi connectivity index (χ3n) is 6.38. The largest absolute Gasteiger partial charge is 0.492 e. The zero-order chi connectivity index (χ0) is 22.2. The lowest BCUT2D eigenvalue weighted by atomic mass is 10.0. The van der Waals surface area contributed by atoms with Crippen molar-refractivity contribution < 1.29 is 4.74 Å². The summed E-state index contributed by atoms with van der Waals surface area (Å²) in [6.07, 6.45) is 1.84. The van der Waals surface area contributed by atoms with Crippen molar-refractivity contribution in [2.24, 2.45) is 4.99 Å². The van der Waals surface area contributed by atoms with Crippen LogP contribution in [-0.2, 0) is 0 Å². The van der Waals surface area contributed by atoms with Gasteiger partial charge >= 0.3 is 5.69 Å². The lowest BCUT2D eigenvalue weighted by Crippen LogP contribution is -2.44. The zero-order valence-corrected chi connectivity index (χ0v) is 18.3. The number of aromatic amines is 1. The SMILES string of the molecule is O=c1[nH]c2cccc3c2n1-c1cccc(-c2ccc(OCCN4CCNCC4)cc2)c1N=C3. The highest BCUT2D eigenvalue weighted by atomic mass is 16.5. The van der Waals surface area contributed by atoms with E-state index in [0.29, 0.717) is 6.61 Å². The van der Waals surface area contributed by atoms with Crippen molar-refractivity contribution in [3.8, 4) is 22.6 Å². The van der Waals surface area contributed by atoms with Gasteiger partial charge in [0.2, 0.25) is 0 Å². The van der Waals surface area contributed by atoms with Crippen LogP contribution in [0.25, 0.3) is 27.8 Å². The minimum Gasteiger partial charge on any atom is -0.492 e. The van der Waals surface area contributed by atoms with Gasteiger partial charge in [-0.05, 0) is 29.8 Å². The van der Waals surface area contributed by atoms with E-state index < -0.39 is 0 Å². The van der Waals surface area contributed by atoms with Crippen molar-refractivity contribution in [2.75, 3.05) is 39.3 Å². The van der Waals surface area contributed by atoms with Gasteiger partial charge in [0.15, 0.2) is 0 Å². The van der Waals surface area contributed by atoms with E-state index in [2.05, 4.69) is 27.3 Å². The fourth-order valence-electron chi connectivity index (χ4n) is 4.69. The number of fused-ring (bicyclic) bond motifs is 2. The van der Waals surface area contributed by atoms with Crippen molar-refractivity contribution in [1.29, 1.82) is 0 Å². The molecule has 1 fully saturated rings. The molecule has 1 saturated heterocycles. The van der Waals surface area contributed by atoms with Gasteiger partial charge in [0, 0.05) is 50.1 Å². The predicted molar refractivity (Wildman–Crippen MR) is 131 cm³/mol. The molecule has 0 unspecified atom stereocenters. The number of para-hydroxylation sites is 2. The number of imidazole rings is 1. The monoisotopic (exact) mass is 439 g/mol. The van der Waals surface area contributed by atoms with E-state index in [9.17, 15) is 4.79 Å². The minimum atomic E-state index is -0.158. The predicted octanol–water partition coefficient (Wildman–Crippen LogP) is 3.33. The molecule has 0 amide bonds. The number of ether oxygens (including phenoxy) is 1. The first-order chi connectivity index (χ1) is 16.3. The van der Waals surface area contributed by atoms with Crippen molar-refractivity contribution in [3.05, 3.63) is 76.7 Å². The van der Waals surface area contributed by atoms with Gasteiger partial charge in [-0.15, -0.1) is 0 Å². The molecule has 0 saturated carbocycles. The lowest BCUT2D eigenvalue weighted by Gasteiger charge is -2.26. The maximum atomic E-state index is 12.8. The first kappa shape index (κ1) is 20.0. The fourth-order valence-corrected chi connectivity index (χ4v) is 4.69. The molecule has 2 aliphatic rings. The molecule has 7 nitrogen and oxygen atoms in total. The van der Waals surface area contributed by atoms with Crippen molar-refractivity contribution >= 4 is 22.9 Å². The Hall–Kier alpha value is -3.68. The second-order valence-corrected chi connectivity index (χ2v) is 8.40. The van der Waals surface area contributed by atoms with Crippen LogP contribution in [0.15, 0.2) is 70.5 Å². The molecule has 2 N–H and O–H groups in total. The fraction of sp³-hybridized carbons (Fsp3) is 0.231. The molecule has 3 aromatic carbocycles. The molecule has 4 aromatic rings. The average Bonchev–Trinajstić information content (AvgIpc) is 3.09. The molecule has 1 aromatic heterocycles. The van der Waals surface area contributed by atoms with Crippen LogP contribution in [-0.4, -0.2) is 60.0 Å². The van der Waals surface area contributed by atoms with E-state index in [4.69, 9.17) is 9.73 Å². The normalized spacial score (nSPS) is 15.4. The minimum absolute atomic E-state index is 0.158. The van der Waals surface area contributed by atoms with Crippen molar-refractivity contribution in [2.45, 2.75) is 0 Å². The van der Waals surface area contributed by atoms with Gasteiger partial charge in [0.1, 0.15) is 12.4 Å². The Labute approximate surface area is 191 Å². The number of hydrogen-bond donors (Lipinski definition) is 2. The summed E-state index contributed by atoms with van der Waals surface area (Å²) >= 11 is 0. The number of nitrogens with one attached hydrogen (secondary N) is 2. The Morgan fingerprint density at radius 2 is 1.79 bits per heavy atom. The summed E-state index contributed by atoms with van der Waals surface area (Å²) < 4.78 is 7.70. The maximum absolute atomic E-state index is 12.8. The number of aromatic nitrogens is 2. The Morgan fingerprint density at radius 3 is 2.64 bits per heavy atom. The third-order valence-corrected chi connectivity index (χ3v) is 6.38. The first-order valence-electron chi connectivity index (χ1n) is 11.4. The Balaban J connectivity index is 1.29. The highest BCUT2D eigenvalue weighted by molar-refractivity contribution is 6.02. The standard InChI is InChI=1S/C26H25N5O2/c32-26-29-22-5-1-3-19-17-28-24-21(4-2-6-23(24)31(26)25(19)22)18-7-9-20(10-8-18)33-16-15-30-13-11-27-12-14-30/h1-10,17,27H,11-16H2,(H,29,32). The number of benzene rings is 3. The van der Waals surface area contributed by atoms with E-state index in [-0.39, 0.29) is 5.69 Å². The second kappa shape index (κ2) is 8.35. The van der Waals surface area contributed by atoms with Crippen LogP contribution in [0.5, 0.6) is 5.75 Å². The Morgan fingerprint density at radius 1 is 0.970 bits per heavy atom. The van der Waals surface area contributed by atoms with Gasteiger partial charge in [-0.3, -0.25) is 14.5 Å². The number of hydrogen-bond acceptors (Lipinski definition) is 5. The molecule has 33 heavy (non-hydrogen) atoms. The summed E-state index contributed by atoms with van der Waals surface area (Å²) in [5, 5.41) is 3.37. The second-order valence-electron chi connectivity index (χ2n) is 8.40. The number of rotatable bonds is 5. The van der Waals surface area contributed by atoms with Crippen molar-refractivity contribution in [3.63, 3.8) is 0 Å². The molecule has 6 rings (SSSR count). The number of nitrogens with zero attached hydrogens (tertiary/aromatic N) is 3. The molecular formula is C26H25N5O2. The molecule has 7 heteroatoms. The van der Waals surface area contributed by atoms with E-state index in [1.54, 1.807) is 4.57 Å². The van der Waals surface area contributed by atoms with Crippen LogP contribution in [0.4, 0.5) is 5.69 Å². The Kier molecular flexibility index (Phi) is 5.05. The summed E-state index contributed by atoms with van der Waals surface area (Å²) in [6, 6.07) is 19.9. The number of aliphatic imine (C=N–C) groups is 1. The molecule has 2 aliphatic heterocycles. The molecule has 0 spiro atoms. The smallest absolute Gasteiger partial charge is 0.331 e. The first-order valence-corrected chi connectivity index (χ1v) is 11.4. The maximum Gasteiger partial charge on any atom is 0.331 e. The third kappa shape index (κ3) is 3.65. The highest BCUT2D eigenvalue weighted by Gasteiger charge is 2.19. The summed E-state index contributed by atoms with van der Waals surface area (Å²) in [5.41, 5.74) is 6.00. The molecule has 0 bridgehead atoms. The summed E-state index contributed by atoms with van der Waals surface area (Å²) in [6.45, 7) is 5.85. The van der Waals surface area contributed by atoms with E-state index in [0.717, 1.165) is 77.6 Å². The van der Waals surface area contributed by atoms with Crippen LogP contribution < -0.4 is 15.7 Å². The molecule has 166 valence electrons. The van der Waals surface area contributed by atoms with E-state index in [1.807, 2.05) is 54.7 Å². The van der Waals surface area contributed by atoms with Crippen molar-refractivity contribution in [1.82, 2.24) is 19.8 Å². The molecule has 0 radical (unpaired) electrons.